The van der Waals surface area contributed by atoms with E-state index in [9.17, 15) is 14.0 Å². The van der Waals surface area contributed by atoms with E-state index in [1.54, 1.807) is 24.3 Å². The third-order valence-electron chi connectivity index (χ3n) is 4.57. The first-order chi connectivity index (χ1) is 15.5. The maximum atomic E-state index is 13.0. The molecule has 1 aliphatic heterocycles. The molecule has 0 radical (unpaired) electrons. The molecule has 1 aromatic heterocycles. The van der Waals surface area contributed by atoms with Crippen molar-refractivity contribution in [2.75, 3.05) is 5.32 Å². The highest BCUT2D eigenvalue weighted by molar-refractivity contribution is 8.15. The Morgan fingerprint density at radius 1 is 1.16 bits per heavy atom. The normalized spacial score (nSPS) is 17.1. The fraction of sp³-hybridized carbons (Fsp3) is 0.130. The zero-order valence-electron chi connectivity index (χ0n) is 17.0. The van der Waals surface area contributed by atoms with Crippen molar-refractivity contribution in [2.24, 2.45) is 10.2 Å². The lowest BCUT2D eigenvalue weighted by atomic mass is 10.2. The Bertz CT molecular complexity index is 1190. The Labute approximate surface area is 187 Å². The van der Waals surface area contributed by atoms with Crippen LogP contribution in [0.25, 0.3) is 11.3 Å². The SMILES string of the molecule is Cc1ccc(NC(=O)CC2S/C(=N\N=C\c3ccc(-c4ccc(F)cc4)o3)NC2=O)cc1. The van der Waals surface area contributed by atoms with Gasteiger partial charge in [-0.2, -0.15) is 5.10 Å². The fourth-order valence-electron chi connectivity index (χ4n) is 2.93. The lowest BCUT2D eigenvalue weighted by molar-refractivity contribution is -0.122. The molecule has 2 N–H and O–H groups in total. The van der Waals surface area contributed by atoms with E-state index in [2.05, 4.69) is 20.8 Å². The molecule has 3 aromatic rings. The van der Waals surface area contributed by atoms with Gasteiger partial charge in [-0.3, -0.25) is 9.59 Å². The molecule has 2 aromatic carbocycles. The smallest absolute Gasteiger partial charge is 0.240 e. The van der Waals surface area contributed by atoms with Gasteiger partial charge < -0.3 is 15.1 Å². The van der Waals surface area contributed by atoms with Crippen molar-refractivity contribution in [1.29, 1.82) is 0 Å². The number of anilines is 1. The predicted molar refractivity (Wildman–Crippen MR) is 123 cm³/mol. The molecule has 0 aliphatic carbocycles. The van der Waals surface area contributed by atoms with Gasteiger partial charge in [0.05, 0.1) is 6.21 Å². The van der Waals surface area contributed by atoms with E-state index in [0.29, 0.717) is 22.4 Å². The molecular formula is C23H19FN4O3S. The lowest BCUT2D eigenvalue weighted by Crippen LogP contribution is -2.28. The molecule has 4 rings (SSSR count). The largest absolute Gasteiger partial charge is 0.455 e. The summed E-state index contributed by atoms with van der Waals surface area (Å²) in [7, 11) is 0. The summed E-state index contributed by atoms with van der Waals surface area (Å²) < 4.78 is 18.7. The summed E-state index contributed by atoms with van der Waals surface area (Å²) in [4.78, 5) is 24.4. The maximum absolute atomic E-state index is 13.0. The van der Waals surface area contributed by atoms with Crippen LogP contribution in [0.5, 0.6) is 0 Å². The van der Waals surface area contributed by atoms with Gasteiger partial charge in [0.15, 0.2) is 5.17 Å². The molecule has 9 heteroatoms. The minimum atomic E-state index is -0.580. The molecule has 1 atom stereocenters. The average Bonchev–Trinajstić information content (AvgIpc) is 3.37. The summed E-state index contributed by atoms with van der Waals surface area (Å²) in [6, 6.07) is 16.8. The third kappa shape index (κ3) is 5.50. The van der Waals surface area contributed by atoms with E-state index in [-0.39, 0.29) is 24.1 Å². The second-order valence-electron chi connectivity index (χ2n) is 7.07. The topological polar surface area (TPSA) is 96.1 Å². The number of nitrogens with zero attached hydrogens (tertiary/aromatic N) is 2. The number of amides is 2. The van der Waals surface area contributed by atoms with E-state index in [4.69, 9.17) is 4.42 Å². The monoisotopic (exact) mass is 450 g/mol. The number of hydrogen-bond acceptors (Lipinski definition) is 6. The molecule has 0 saturated carbocycles. The van der Waals surface area contributed by atoms with Gasteiger partial charge in [-0.15, -0.1) is 5.10 Å². The molecule has 162 valence electrons. The highest BCUT2D eigenvalue weighted by Gasteiger charge is 2.32. The first-order valence-corrected chi connectivity index (χ1v) is 10.6. The number of hydrogen-bond donors (Lipinski definition) is 2. The molecule has 32 heavy (non-hydrogen) atoms. The van der Waals surface area contributed by atoms with Gasteiger partial charge in [-0.1, -0.05) is 29.5 Å². The zero-order chi connectivity index (χ0) is 22.5. The van der Waals surface area contributed by atoms with Crippen LogP contribution in [0, 0.1) is 12.7 Å². The van der Waals surface area contributed by atoms with Gasteiger partial charge in [0.25, 0.3) is 0 Å². The standard InChI is InChI=1S/C23H19FN4O3S/c1-14-2-8-17(9-3-14)26-21(29)12-20-22(30)27-23(32-20)28-25-13-18-10-11-19(31-18)15-4-6-16(24)7-5-15/h2-11,13,20H,12H2,1H3,(H,26,29)(H,27,28,30)/b25-13+. The van der Waals surface area contributed by atoms with Crippen LogP contribution in [-0.4, -0.2) is 28.4 Å². The van der Waals surface area contributed by atoms with E-state index in [0.717, 1.165) is 22.9 Å². The van der Waals surface area contributed by atoms with Crippen LogP contribution in [0.4, 0.5) is 10.1 Å². The van der Waals surface area contributed by atoms with Crippen LogP contribution in [0.3, 0.4) is 0 Å². The number of amidine groups is 1. The Morgan fingerprint density at radius 2 is 1.91 bits per heavy atom. The Balaban J connectivity index is 1.32. The van der Waals surface area contributed by atoms with Crippen LogP contribution < -0.4 is 10.6 Å². The number of carbonyl (C=O) groups is 2. The van der Waals surface area contributed by atoms with Crippen molar-refractivity contribution >= 4 is 40.6 Å². The molecule has 7 nitrogen and oxygen atoms in total. The third-order valence-corrected chi connectivity index (χ3v) is 5.64. The van der Waals surface area contributed by atoms with Gasteiger partial charge in [-0.05, 0) is 55.5 Å². The summed E-state index contributed by atoms with van der Waals surface area (Å²) in [5.41, 5.74) is 2.51. The number of halogens is 1. The maximum Gasteiger partial charge on any atom is 0.240 e. The summed E-state index contributed by atoms with van der Waals surface area (Å²) in [5, 5.41) is 13.1. The van der Waals surface area contributed by atoms with E-state index in [1.165, 1.54) is 18.3 Å². The molecule has 1 fully saturated rings. The van der Waals surface area contributed by atoms with Gasteiger partial charge in [0.1, 0.15) is 22.6 Å². The van der Waals surface area contributed by atoms with E-state index in [1.807, 2.05) is 31.2 Å². The molecule has 1 aliphatic rings. The number of benzene rings is 2. The second kappa shape index (κ2) is 9.61. The molecule has 0 bridgehead atoms. The van der Waals surface area contributed by atoms with Crippen LogP contribution in [0.15, 0.2) is 75.3 Å². The molecule has 0 spiro atoms. The highest BCUT2D eigenvalue weighted by Crippen LogP contribution is 2.24. The minimum Gasteiger partial charge on any atom is -0.455 e. The summed E-state index contributed by atoms with van der Waals surface area (Å²) in [5.74, 6) is 0.161. The van der Waals surface area contributed by atoms with Crippen molar-refractivity contribution in [2.45, 2.75) is 18.6 Å². The number of furan rings is 1. The van der Waals surface area contributed by atoms with Gasteiger partial charge >= 0.3 is 0 Å². The number of nitrogens with one attached hydrogen (secondary N) is 2. The highest BCUT2D eigenvalue weighted by atomic mass is 32.2. The van der Waals surface area contributed by atoms with Crippen molar-refractivity contribution in [3.8, 4) is 11.3 Å². The molecule has 1 unspecified atom stereocenters. The number of rotatable bonds is 6. The van der Waals surface area contributed by atoms with Crippen molar-refractivity contribution < 1.29 is 18.4 Å². The number of thioether (sulfide) groups is 1. The second-order valence-corrected chi connectivity index (χ2v) is 8.26. The quantitative estimate of drug-likeness (QED) is 0.431. The first kappa shape index (κ1) is 21.5. The summed E-state index contributed by atoms with van der Waals surface area (Å²) >= 11 is 1.15. The van der Waals surface area contributed by atoms with E-state index < -0.39 is 5.25 Å². The van der Waals surface area contributed by atoms with Gasteiger partial charge in [-0.25, -0.2) is 4.39 Å². The van der Waals surface area contributed by atoms with Gasteiger partial charge in [0, 0.05) is 17.7 Å². The summed E-state index contributed by atoms with van der Waals surface area (Å²) in [6.07, 6.45) is 1.43. The van der Waals surface area contributed by atoms with Crippen LogP contribution in [0.1, 0.15) is 17.7 Å². The Hall–Kier alpha value is -3.72. The van der Waals surface area contributed by atoms with Gasteiger partial charge in [0.2, 0.25) is 11.8 Å². The molecular weight excluding hydrogens is 431 g/mol. The molecule has 2 amide bonds. The first-order valence-electron chi connectivity index (χ1n) is 9.77. The van der Waals surface area contributed by atoms with Crippen molar-refractivity contribution in [1.82, 2.24) is 5.32 Å². The van der Waals surface area contributed by atoms with Crippen molar-refractivity contribution in [3.63, 3.8) is 0 Å². The lowest BCUT2D eigenvalue weighted by Gasteiger charge is -2.07. The Kier molecular flexibility index (Phi) is 6.46. The Morgan fingerprint density at radius 3 is 2.66 bits per heavy atom. The van der Waals surface area contributed by atoms with Crippen LogP contribution >= 0.6 is 11.8 Å². The van der Waals surface area contributed by atoms with Crippen LogP contribution in [0.2, 0.25) is 0 Å². The predicted octanol–water partition coefficient (Wildman–Crippen LogP) is 4.34. The number of carbonyl (C=O) groups excluding carboxylic acids is 2. The fourth-order valence-corrected chi connectivity index (χ4v) is 3.86. The molecule has 2 heterocycles. The number of aryl methyl sites for hydroxylation is 1. The zero-order valence-corrected chi connectivity index (χ0v) is 17.9. The molecule has 1 saturated heterocycles. The van der Waals surface area contributed by atoms with E-state index >= 15 is 0 Å². The van der Waals surface area contributed by atoms with Crippen LogP contribution in [-0.2, 0) is 9.59 Å². The summed E-state index contributed by atoms with van der Waals surface area (Å²) in [6.45, 7) is 1.96. The minimum absolute atomic E-state index is 0.0202. The van der Waals surface area contributed by atoms with Crippen molar-refractivity contribution in [3.05, 3.63) is 77.8 Å². The average molecular weight is 450 g/mol.